The van der Waals surface area contributed by atoms with E-state index in [0.29, 0.717) is 5.92 Å². The molecule has 150 valence electrons. The topological polar surface area (TPSA) is 82.6 Å². The number of hydrogen-bond donors (Lipinski definition) is 1. The molecule has 5 rings (SSSR count). The summed E-state index contributed by atoms with van der Waals surface area (Å²) in [6.07, 6.45) is 7.14. The minimum Gasteiger partial charge on any atom is -0.476 e. The summed E-state index contributed by atoms with van der Waals surface area (Å²) < 4.78 is 11.5. The normalized spacial score (nSPS) is 34.0. The van der Waals surface area contributed by atoms with Crippen LogP contribution in [-0.4, -0.2) is 50.5 Å². The number of aliphatic imine (C=N–C) groups is 1. The Bertz CT molecular complexity index is 1020. The fraction of sp³-hybridized carbons (Fsp3) is 0.500. The third-order valence-electron chi connectivity index (χ3n) is 7.39. The van der Waals surface area contributed by atoms with Crippen LogP contribution in [0.5, 0.6) is 0 Å². The van der Waals surface area contributed by atoms with Crippen molar-refractivity contribution in [3.05, 3.63) is 47.8 Å². The Hall–Kier alpha value is -2.34. The van der Waals surface area contributed by atoms with E-state index >= 15 is 0 Å². The van der Waals surface area contributed by atoms with Gasteiger partial charge in [-0.1, -0.05) is 19.1 Å². The van der Waals surface area contributed by atoms with E-state index in [1.54, 1.807) is 19.5 Å². The van der Waals surface area contributed by atoms with Gasteiger partial charge < -0.3 is 15.2 Å². The minimum atomic E-state index is -1.53. The molecule has 30 heavy (non-hydrogen) atoms. The summed E-state index contributed by atoms with van der Waals surface area (Å²) in [7, 11) is 15.1. The molecule has 2 aromatic rings. The molecule has 8 heteroatoms. The quantitative estimate of drug-likeness (QED) is 0.784. The van der Waals surface area contributed by atoms with Crippen LogP contribution in [0.15, 0.2) is 41.7 Å². The molecule has 1 fully saturated rings. The molecule has 2 aliphatic carbocycles. The zero-order valence-electron chi connectivity index (χ0n) is 17.3. The first kappa shape index (κ1) is 19.6. The molecule has 0 saturated heterocycles. The first-order chi connectivity index (χ1) is 14.3. The van der Waals surface area contributed by atoms with Crippen LogP contribution in [0, 0.1) is 11.3 Å². The second-order valence-electron chi connectivity index (χ2n) is 9.01. The van der Waals surface area contributed by atoms with Crippen molar-refractivity contribution < 1.29 is 9.47 Å². The van der Waals surface area contributed by atoms with E-state index in [2.05, 4.69) is 35.3 Å². The third-order valence-corrected chi connectivity index (χ3v) is 7.39. The van der Waals surface area contributed by atoms with E-state index in [-0.39, 0.29) is 17.5 Å². The molecule has 0 bridgehead atoms. The predicted octanol–water partition coefficient (Wildman–Crippen LogP) is 2.05. The van der Waals surface area contributed by atoms with Gasteiger partial charge in [0.05, 0.1) is 23.9 Å². The number of rotatable bonds is 2. The Morgan fingerprint density at radius 1 is 1.20 bits per heavy atom. The Morgan fingerprint density at radius 3 is 2.67 bits per heavy atom. The van der Waals surface area contributed by atoms with E-state index < -0.39 is 10.9 Å². The van der Waals surface area contributed by atoms with Gasteiger partial charge in [0, 0.05) is 18.1 Å². The first-order valence-corrected chi connectivity index (χ1v) is 10.4. The van der Waals surface area contributed by atoms with Gasteiger partial charge in [0.15, 0.2) is 0 Å². The lowest BCUT2D eigenvalue weighted by atomic mass is 9.44. The van der Waals surface area contributed by atoms with Gasteiger partial charge in [-0.3, -0.25) is 0 Å². The lowest BCUT2D eigenvalue weighted by Gasteiger charge is -2.53. The molecular weight excluding hydrogens is 374 g/mol. The highest BCUT2D eigenvalue weighted by atomic mass is 16.5. The second kappa shape index (κ2) is 6.58. The third kappa shape index (κ3) is 2.52. The number of nitrogens with zero attached hydrogens (tertiary/aromatic N) is 3. The summed E-state index contributed by atoms with van der Waals surface area (Å²) in [5.74, 6) is 0.339. The molecule has 1 saturated carbocycles. The molecule has 0 unspecified atom stereocenters. The SMILES string of the molecule is [B]C1([B])OC(N)=N[C@]12c1cc(-c3ccnnc3)ccc1C[C@@]21CC[C@H](OC)[C@@H](C)C1. The van der Waals surface area contributed by atoms with Crippen molar-refractivity contribution in [1.29, 1.82) is 0 Å². The van der Waals surface area contributed by atoms with E-state index in [1.807, 2.05) is 6.07 Å². The Morgan fingerprint density at radius 2 is 2.03 bits per heavy atom. The van der Waals surface area contributed by atoms with Gasteiger partial charge in [0.1, 0.15) is 21.2 Å². The number of aromatic nitrogens is 2. The van der Waals surface area contributed by atoms with Gasteiger partial charge in [-0.25, -0.2) is 4.99 Å². The van der Waals surface area contributed by atoms with Crippen molar-refractivity contribution in [3.63, 3.8) is 0 Å². The molecule has 2 spiro atoms. The summed E-state index contributed by atoms with van der Waals surface area (Å²) in [4.78, 5) is 4.86. The Balaban J connectivity index is 1.70. The van der Waals surface area contributed by atoms with Gasteiger partial charge >= 0.3 is 0 Å². The largest absolute Gasteiger partial charge is 0.476 e. The van der Waals surface area contributed by atoms with Gasteiger partial charge in [-0.05, 0) is 60.4 Å². The summed E-state index contributed by atoms with van der Waals surface area (Å²) in [5, 5.41) is 6.36. The van der Waals surface area contributed by atoms with Crippen molar-refractivity contribution in [2.45, 2.75) is 49.6 Å². The van der Waals surface area contributed by atoms with E-state index in [0.717, 1.165) is 42.4 Å². The molecule has 1 aliphatic heterocycles. The van der Waals surface area contributed by atoms with Crippen molar-refractivity contribution in [2.24, 2.45) is 22.1 Å². The molecule has 1 aromatic carbocycles. The van der Waals surface area contributed by atoms with Gasteiger partial charge in [-0.15, -0.1) is 0 Å². The number of fused-ring (bicyclic) bond motifs is 3. The molecule has 4 radical (unpaired) electrons. The molecule has 1 aromatic heterocycles. The highest BCUT2D eigenvalue weighted by molar-refractivity contribution is 6.41. The number of amidine groups is 1. The Kier molecular flexibility index (Phi) is 4.30. The number of hydrogen-bond acceptors (Lipinski definition) is 6. The highest BCUT2D eigenvalue weighted by Crippen LogP contribution is 2.65. The molecule has 0 amide bonds. The lowest BCUT2D eigenvalue weighted by molar-refractivity contribution is -0.0559. The number of methoxy groups -OCH3 is 1. The maximum Gasteiger partial charge on any atom is 0.281 e. The van der Waals surface area contributed by atoms with E-state index in [9.17, 15) is 0 Å². The van der Waals surface area contributed by atoms with Gasteiger partial charge in [0.25, 0.3) is 6.02 Å². The number of nitrogens with two attached hydrogens (primary N) is 1. The van der Waals surface area contributed by atoms with Crippen LogP contribution in [0.1, 0.15) is 37.3 Å². The van der Waals surface area contributed by atoms with Gasteiger partial charge in [-0.2, -0.15) is 10.2 Å². The predicted molar refractivity (Wildman–Crippen MR) is 116 cm³/mol. The Labute approximate surface area is 179 Å². The number of benzene rings is 1. The molecule has 6 nitrogen and oxygen atoms in total. The first-order valence-electron chi connectivity index (χ1n) is 10.4. The average Bonchev–Trinajstić information content (AvgIpc) is 3.13. The zero-order valence-corrected chi connectivity index (χ0v) is 17.3. The maximum absolute atomic E-state index is 6.64. The van der Waals surface area contributed by atoms with Crippen LogP contribution < -0.4 is 5.73 Å². The van der Waals surface area contributed by atoms with Crippen LogP contribution in [0.25, 0.3) is 11.1 Å². The molecule has 3 aliphatic rings. The van der Waals surface area contributed by atoms with Crippen molar-refractivity contribution in [1.82, 2.24) is 10.2 Å². The van der Waals surface area contributed by atoms with E-state index in [4.69, 9.17) is 35.9 Å². The van der Waals surface area contributed by atoms with Crippen LogP contribution in [0.2, 0.25) is 0 Å². The standard InChI is InChI=1S/C22H24B2N4O2/c1-13-10-20(7-5-18(13)29-2)11-15-4-3-14(16-6-8-26-27-12-16)9-17(15)21(20)22(23,24)30-19(25)28-21/h3-4,6,8-9,12-13,18H,5,7,10-11H2,1-2H3,(H2,25,28)/t13-,18-,20-,21-/m0/s1. The maximum atomic E-state index is 6.64. The monoisotopic (exact) mass is 398 g/mol. The summed E-state index contributed by atoms with van der Waals surface area (Å²) >= 11 is 0. The smallest absolute Gasteiger partial charge is 0.281 e. The average molecular weight is 398 g/mol. The van der Waals surface area contributed by atoms with Crippen LogP contribution >= 0.6 is 0 Å². The van der Waals surface area contributed by atoms with Gasteiger partial charge in [0.2, 0.25) is 0 Å². The summed E-state index contributed by atoms with van der Waals surface area (Å²) in [6.45, 7) is 2.22. The fourth-order valence-corrected chi connectivity index (χ4v) is 6.20. The fourth-order valence-electron chi connectivity index (χ4n) is 6.20. The molecule has 4 atom stereocenters. The second-order valence-corrected chi connectivity index (χ2v) is 9.01. The molecule has 2 heterocycles. The van der Waals surface area contributed by atoms with Crippen molar-refractivity contribution >= 4 is 21.7 Å². The van der Waals surface area contributed by atoms with E-state index in [1.165, 1.54) is 5.56 Å². The minimum absolute atomic E-state index is 0.0460. The van der Waals surface area contributed by atoms with Crippen molar-refractivity contribution in [2.75, 3.05) is 7.11 Å². The lowest BCUT2D eigenvalue weighted by Crippen LogP contribution is -2.60. The summed E-state index contributed by atoms with van der Waals surface area (Å²) in [6, 6.07) is 8.34. The summed E-state index contributed by atoms with van der Waals surface area (Å²) in [5.41, 5.74) is 8.99. The van der Waals surface area contributed by atoms with Crippen LogP contribution in [0.3, 0.4) is 0 Å². The van der Waals surface area contributed by atoms with Crippen LogP contribution in [0.4, 0.5) is 0 Å². The number of ether oxygens (including phenoxy) is 2. The van der Waals surface area contributed by atoms with Crippen molar-refractivity contribution in [3.8, 4) is 11.1 Å². The zero-order chi connectivity index (χ0) is 21.1. The molecule has 2 N–H and O–H groups in total. The van der Waals surface area contributed by atoms with Crippen LogP contribution in [-0.2, 0) is 21.4 Å². The highest BCUT2D eigenvalue weighted by Gasteiger charge is 2.68. The molecular formula is C22H24B2N4O2.